The highest BCUT2D eigenvalue weighted by atomic mass is 16.3. The van der Waals surface area contributed by atoms with Gasteiger partial charge < -0.3 is 15.3 Å². The zero-order valence-electron chi connectivity index (χ0n) is 16.4. The fourth-order valence-corrected chi connectivity index (χ4v) is 4.36. The zero-order valence-corrected chi connectivity index (χ0v) is 16.4. The lowest BCUT2D eigenvalue weighted by Gasteiger charge is -2.39. The van der Waals surface area contributed by atoms with Crippen LogP contribution in [0.3, 0.4) is 0 Å². The standard InChI is InChI=1S/C24H30N2O2/c27-23(26-15-13-24(28,14-16-26)21-11-12-21)25-22(17-19-7-3-1-4-8-19)18-20-9-5-2-6-10-20/h1-10,21-22,28H,11-18H2,(H,25,27). The molecule has 4 rings (SSSR count). The topological polar surface area (TPSA) is 52.6 Å². The van der Waals surface area contributed by atoms with E-state index in [1.165, 1.54) is 11.1 Å². The number of hydrogen-bond acceptors (Lipinski definition) is 2. The minimum atomic E-state index is -0.537. The molecule has 148 valence electrons. The lowest BCUT2D eigenvalue weighted by Crippen LogP contribution is -2.53. The molecule has 4 heteroatoms. The SMILES string of the molecule is O=C(NC(Cc1ccccc1)Cc1ccccc1)N1CCC(O)(C2CC2)CC1. The molecule has 0 spiro atoms. The van der Waals surface area contributed by atoms with Gasteiger partial charge in [-0.3, -0.25) is 0 Å². The van der Waals surface area contributed by atoms with Gasteiger partial charge in [0, 0.05) is 19.1 Å². The molecule has 1 aliphatic carbocycles. The Bertz CT molecular complexity index is 724. The van der Waals surface area contributed by atoms with E-state index in [1.54, 1.807) is 0 Å². The van der Waals surface area contributed by atoms with Crippen LogP contribution in [0.15, 0.2) is 60.7 Å². The lowest BCUT2D eigenvalue weighted by atomic mass is 9.87. The van der Waals surface area contributed by atoms with Crippen LogP contribution in [0, 0.1) is 5.92 Å². The maximum Gasteiger partial charge on any atom is 0.317 e. The molecule has 0 atom stereocenters. The van der Waals surface area contributed by atoms with Crippen LogP contribution in [0.5, 0.6) is 0 Å². The van der Waals surface area contributed by atoms with Crippen molar-refractivity contribution in [2.24, 2.45) is 5.92 Å². The number of nitrogens with one attached hydrogen (secondary N) is 1. The predicted molar refractivity (Wildman–Crippen MR) is 111 cm³/mol. The Hall–Kier alpha value is -2.33. The third-order valence-corrected chi connectivity index (χ3v) is 6.23. The van der Waals surface area contributed by atoms with E-state index < -0.39 is 5.60 Å². The van der Waals surface area contributed by atoms with Crippen molar-refractivity contribution in [3.63, 3.8) is 0 Å². The van der Waals surface area contributed by atoms with Crippen molar-refractivity contribution in [2.75, 3.05) is 13.1 Å². The van der Waals surface area contributed by atoms with Crippen molar-refractivity contribution < 1.29 is 9.90 Å². The first kappa shape index (κ1) is 19.0. The van der Waals surface area contributed by atoms with Crippen LogP contribution in [0.1, 0.15) is 36.8 Å². The van der Waals surface area contributed by atoms with Gasteiger partial charge >= 0.3 is 6.03 Å². The van der Waals surface area contributed by atoms with E-state index in [-0.39, 0.29) is 12.1 Å². The van der Waals surface area contributed by atoms with E-state index in [9.17, 15) is 9.90 Å². The predicted octanol–water partition coefficient (Wildman–Crippen LogP) is 3.79. The summed E-state index contributed by atoms with van der Waals surface area (Å²) in [6.45, 7) is 1.28. The summed E-state index contributed by atoms with van der Waals surface area (Å²) >= 11 is 0. The molecule has 2 fully saturated rings. The van der Waals surface area contributed by atoms with E-state index in [4.69, 9.17) is 0 Å². The number of carbonyl (C=O) groups excluding carboxylic acids is 1. The van der Waals surface area contributed by atoms with Crippen LogP contribution in [-0.2, 0) is 12.8 Å². The van der Waals surface area contributed by atoms with Gasteiger partial charge in [-0.1, -0.05) is 60.7 Å². The number of piperidine rings is 1. The second kappa shape index (κ2) is 8.36. The van der Waals surface area contributed by atoms with Crippen LogP contribution < -0.4 is 5.32 Å². The summed E-state index contributed by atoms with van der Waals surface area (Å²) in [4.78, 5) is 14.8. The monoisotopic (exact) mass is 378 g/mol. The second-order valence-corrected chi connectivity index (χ2v) is 8.39. The number of rotatable bonds is 6. The molecule has 2 N–H and O–H groups in total. The number of nitrogens with zero attached hydrogens (tertiary/aromatic N) is 1. The van der Waals surface area contributed by atoms with Gasteiger partial charge in [0.15, 0.2) is 0 Å². The number of likely N-dealkylation sites (tertiary alicyclic amines) is 1. The largest absolute Gasteiger partial charge is 0.389 e. The molecule has 0 aromatic heterocycles. The van der Waals surface area contributed by atoms with Crippen LogP contribution in [0.2, 0.25) is 0 Å². The van der Waals surface area contributed by atoms with E-state index in [2.05, 4.69) is 29.6 Å². The molecule has 2 amide bonds. The average Bonchev–Trinajstić information content (AvgIpc) is 3.56. The Kier molecular flexibility index (Phi) is 5.67. The van der Waals surface area contributed by atoms with Gasteiger partial charge in [-0.05, 0) is 55.6 Å². The Labute approximate surface area is 167 Å². The first-order chi connectivity index (χ1) is 13.6. The molecule has 4 nitrogen and oxygen atoms in total. The van der Waals surface area contributed by atoms with Crippen molar-refractivity contribution in [3.8, 4) is 0 Å². The van der Waals surface area contributed by atoms with Crippen LogP contribution in [0.25, 0.3) is 0 Å². The Morgan fingerprint density at radius 1 is 0.964 bits per heavy atom. The Morgan fingerprint density at radius 3 is 1.93 bits per heavy atom. The summed E-state index contributed by atoms with van der Waals surface area (Å²) in [7, 11) is 0. The Morgan fingerprint density at radius 2 is 1.46 bits per heavy atom. The highest BCUT2D eigenvalue weighted by Gasteiger charge is 2.45. The minimum absolute atomic E-state index is 0.00490. The van der Waals surface area contributed by atoms with E-state index >= 15 is 0 Å². The number of benzene rings is 2. The first-order valence-corrected chi connectivity index (χ1v) is 10.5. The maximum absolute atomic E-state index is 12.9. The number of amides is 2. The lowest BCUT2D eigenvalue weighted by molar-refractivity contribution is -0.0308. The average molecular weight is 379 g/mol. The molecule has 0 unspecified atom stereocenters. The van der Waals surface area contributed by atoms with Gasteiger partial charge in [0.2, 0.25) is 0 Å². The molecule has 0 radical (unpaired) electrons. The zero-order chi connectivity index (χ0) is 19.4. The molecule has 2 aromatic carbocycles. The molecule has 1 saturated heterocycles. The van der Waals surface area contributed by atoms with Gasteiger partial charge in [0.05, 0.1) is 5.60 Å². The van der Waals surface area contributed by atoms with Gasteiger partial charge in [-0.2, -0.15) is 0 Å². The number of urea groups is 1. The van der Waals surface area contributed by atoms with Crippen LogP contribution in [-0.4, -0.2) is 40.8 Å². The van der Waals surface area contributed by atoms with Gasteiger partial charge in [-0.15, -0.1) is 0 Å². The minimum Gasteiger partial charge on any atom is -0.389 e. The molecule has 2 aromatic rings. The van der Waals surface area contributed by atoms with Crippen molar-refractivity contribution in [1.82, 2.24) is 10.2 Å². The summed E-state index contributed by atoms with van der Waals surface area (Å²) in [6, 6.07) is 20.7. The third-order valence-electron chi connectivity index (χ3n) is 6.23. The van der Waals surface area contributed by atoms with E-state index in [0.717, 1.165) is 25.7 Å². The van der Waals surface area contributed by atoms with E-state index in [1.807, 2.05) is 41.3 Å². The maximum atomic E-state index is 12.9. The van der Waals surface area contributed by atoms with Crippen LogP contribution >= 0.6 is 0 Å². The second-order valence-electron chi connectivity index (χ2n) is 8.39. The Balaban J connectivity index is 1.39. The summed E-state index contributed by atoms with van der Waals surface area (Å²) in [6.07, 6.45) is 5.29. The fraction of sp³-hybridized carbons (Fsp3) is 0.458. The molecule has 28 heavy (non-hydrogen) atoms. The van der Waals surface area contributed by atoms with Gasteiger partial charge in [0.25, 0.3) is 0 Å². The number of aliphatic hydroxyl groups is 1. The van der Waals surface area contributed by atoms with Crippen molar-refractivity contribution in [2.45, 2.75) is 50.2 Å². The quantitative estimate of drug-likeness (QED) is 0.804. The van der Waals surface area contributed by atoms with Crippen molar-refractivity contribution in [1.29, 1.82) is 0 Å². The van der Waals surface area contributed by atoms with Crippen molar-refractivity contribution >= 4 is 6.03 Å². The third kappa shape index (κ3) is 4.74. The molecule has 1 heterocycles. The summed E-state index contributed by atoms with van der Waals surface area (Å²) in [5.41, 5.74) is 1.92. The molecule has 2 aliphatic rings. The smallest absolute Gasteiger partial charge is 0.317 e. The normalized spacial score (nSPS) is 18.9. The van der Waals surface area contributed by atoms with Gasteiger partial charge in [-0.25, -0.2) is 4.79 Å². The highest BCUT2D eigenvalue weighted by Crippen LogP contribution is 2.44. The fourth-order valence-electron chi connectivity index (χ4n) is 4.36. The molecule has 0 bridgehead atoms. The van der Waals surface area contributed by atoms with Crippen molar-refractivity contribution in [3.05, 3.63) is 71.8 Å². The number of hydrogen-bond donors (Lipinski definition) is 2. The van der Waals surface area contributed by atoms with Gasteiger partial charge in [0.1, 0.15) is 0 Å². The van der Waals surface area contributed by atoms with E-state index in [0.29, 0.717) is 31.8 Å². The van der Waals surface area contributed by atoms with Crippen LogP contribution in [0.4, 0.5) is 4.79 Å². The molecule has 1 saturated carbocycles. The summed E-state index contributed by atoms with van der Waals surface area (Å²) < 4.78 is 0. The molecule has 1 aliphatic heterocycles. The molecular weight excluding hydrogens is 348 g/mol. The number of carbonyl (C=O) groups is 1. The summed E-state index contributed by atoms with van der Waals surface area (Å²) in [5, 5.41) is 14.0. The summed E-state index contributed by atoms with van der Waals surface area (Å²) in [5.74, 6) is 0.460. The molecular formula is C24H30N2O2. The highest BCUT2D eigenvalue weighted by molar-refractivity contribution is 5.74. The first-order valence-electron chi connectivity index (χ1n) is 10.5.